The largest absolute Gasteiger partial charge is 0.478 e. The minimum absolute atomic E-state index is 0.238. The number of nitrogen functional groups attached to an aromatic ring is 1. The number of halogens is 1. The highest BCUT2D eigenvalue weighted by Crippen LogP contribution is 2.30. The van der Waals surface area contributed by atoms with Gasteiger partial charge in [0.15, 0.2) is 0 Å². The maximum atomic E-state index is 13.1. The van der Waals surface area contributed by atoms with Crippen molar-refractivity contribution in [2.75, 3.05) is 12.8 Å². The van der Waals surface area contributed by atoms with Crippen LogP contribution in [-0.2, 0) is 0 Å². The van der Waals surface area contributed by atoms with E-state index in [9.17, 15) is 4.39 Å². The number of nitrogens with zero attached hydrogens (tertiary/aromatic N) is 2. The Morgan fingerprint density at radius 2 is 2.19 bits per heavy atom. The van der Waals surface area contributed by atoms with Crippen LogP contribution >= 0.6 is 0 Å². The minimum atomic E-state index is -0.326. The third-order valence-corrected chi connectivity index (χ3v) is 2.18. The molecule has 0 fully saturated rings. The Bertz CT molecular complexity index is 516. The third-order valence-electron chi connectivity index (χ3n) is 2.18. The van der Waals surface area contributed by atoms with Gasteiger partial charge in [0.05, 0.1) is 13.3 Å². The van der Waals surface area contributed by atoms with Crippen LogP contribution in [-0.4, -0.2) is 17.3 Å². The second-order valence-electron chi connectivity index (χ2n) is 3.19. The molecule has 0 bridgehead atoms. The number of anilines is 1. The van der Waals surface area contributed by atoms with Gasteiger partial charge in [-0.2, -0.15) is 5.10 Å². The molecule has 0 unspecified atom stereocenters. The summed E-state index contributed by atoms with van der Waals surface area (Å²) in [5.41, 5.74) is 7.42. The molecular formula is C11H10FN3O. The average molecular weight is 219 g/mol. The lowest BCUT2D eigenvalue weighted by Crippen LogP contribution is -1.99. The predicted octanol–water partition coefficient (Wildman–Crippen LogP) is 1.87. The molecule has 1 aromatic heterocycles. The molecule has 16 heavy (non-hydrogen) atoms. The predicted molar refractivity (Wildman–Crippen MR) is 58.4 cm³/mol. The maximum Gasteiger partial charge on any atom is 0.257 e. The number of hydrogen-bond donors (Lipinski definition) is 1. The summed E-state index contributed by atoms with van der Waals surface area (Å²) >= 11 is 0. The van der Waals surface area contributed by atoms with Crippen molar-refractivity contribution in [3.63, 3.8) is 0 Å². The van der Waals surface area contributed by atoms with Crippen LogP contribution in [0.15, 0.2) is 30.5 Å². The van der Waals surface area contributed by atoms with E-state index in [-0.39, 0.29) is 11.7 Å². The summed E-state index contributed by atoms with van der Waals surface area (Å²) in [5.74, 6) is -0.0885. The van der Waals surface area contributed by atoms with Crippen LogP contribution < -0.4 is 10.5 Å². The van der Waals surface area contributed by atoms with Crippen LogP contribution in [0, 0.1) is 5.82 Å². The first-order valence-electron chi connectivity index (χ1n) is 4.63. The molecule has 0 saturated heterocycles. The van der Waals surface area contributed by atoms with Crippen molar-refractivity contribution in [2.24, 2.45) is 0 Å². The van der Waals surface area contributed by atoms with E-state index < -0.39 is 0 Å². The van der Waals surface area contributed by atoms with Gasteiger partial charge in [0.2, 0.25) is 0 Å². The van der Waals surface area contributed by atoms with E-state index in [1.807, 2.05) is 0 Å². The van der Waals surface area contributed by atoms with Crippen molar-refractivity contribution in [1.82, 2.24) is 10.2 Å². The van der Waals surface area contributed by atoms with Gasteiger partial charge in [0.25, 0.3) is 5.88 Å². The van der Waals surface area contributed by atoms with E-state index in [1.165, 1.54) is 25.4 Å². The average Bonchev–Trinajstić information content (AvgIpc) is 2.29. The fraction of sp³-hybridized carbons (Fsp3) is 0.0909. The number of benzene rings is 1. The second-order valence-corrected chi connectivity index (χ2v) is 3.19. The lowest BCUT2D eigenvalue weighted by molar-refractivity contribution is 0.394. The van der Waals surface area contributed by atoms with Gasteiger partial charge in [-0.05, 0) is 17.7 Å². The van der Waals surface area contributed by atoms with Crippen LogP contribution in [0.4, 0.5) is 10.1 Å². The Kier molecular flexibility index (Phi) is 2.68. The first kappa shape index (κ1) is 10.4. The van der Waals surface area contributed by atoms with Crippen molar-refractivity contribution >= 4 is 5.69 Å². The molecule has 0 aliphatic rings. The van der Waals surface area contributed by atoms with Crippen LogP contribution in [0.5, 0.6) is 5.88 Å². The lowest BCUT2D eigenvalue weighted by Gasteiger charge is -2.07. The van der Waals surface area contributed by atoms with Gasteiger partial charge in [-0.25, -0.2) is 4.39 Å². The zero-order valence-electron chi connectivity index (χ0n) is 8.64. The van der Waals surface area contributed by atoms with Crippen molar-refractivity contribution in [2.45, 2.75) is 0 Å². The molecule has 0 spiro atoms. The summed E-state index contributed by atoms with van der Waals surface area (Å²) in [5, 5.41) is 7.46. The third kappa shape index (κ3) is 1.79. The number of hydrogen-bond acceptors (Lipinski definition) is 4. The molecule has 0 amide bonds. The highest BCUT2D eigenvalue weighted by Gasteiger charge is 2.09. The van der Waals surface area contributed by atoms with Crippen LogP contribution in [0.25, 0.3) is 11.1 Å². The quantitative estimate of drug-likeness (QED) is 0.837. The molecular weight excluding hydrogens is 209 g/mol. The van der Waals surface area contributed by atoms with Crippen LogP contribution in [0.1, 0.15) is 0 Å². The van der Waals surface area contributed by atoms with Gasteiger partial charge in [-0.3, -0.25) is 0 Å². The van der Waals surface area contributed by atoms with E-state index in [4.69, 9.17) is 10.5 Å². The highest BCUT2D eigenvalue weighted by molar-refractivity contribution is 5.78. The molecule has 2 rings (SSSR count). The highest BCUT2D eigenvalue weighted by atomic mass is 19.1. The zero-order valence-corrected chi connectivity index (χ0v) is 8.64. The fourth-order valence-electron chi connectivity index (χ4n) is 1.41. The first-order chi connectivity index (χ1) is 7.72. The van der Waals surface area contributed by atoms with Gasteiger partial charge in [0.1, 0.15) is 11.5 Å². The summed E-state index contributed by atoms with van der Waals surface area (Å²) in [6.07, 6.45) is 1.48. The Morgan fingerprint density at radius 1 is 1.38 bits per heavy atom. The molecule has 5 heteroatoms. The SMILES string of the molecule is COc1nncc(-c2cccc(F)c2)c1N. The Hall–Kier alpha value is -2.17. The number of aromatic nitrogens is 2. The lowest BCUT2D eigenvalue weighted by atomic mass is 10.1. The van der Waals surface area contributed by atoms with Gasteiger partial charge >= 0.3 is 0 Å². The Labute approximate surface area is 91.9 Å². The summed E-state index contributed by atoms with van der Waals surface area (Å²) in [4.78, 5) is 0. The molecule has 0 aliphatic heterocycles. The van der Waals surface area contributed by atoms with Crippen molar-refractivity contribution in [1.29, 1.82) is 0 Å². The van der Waals surface area contributed by atoms with Gasteiger partial charge in [0, 0.05) is 5.56 Å². The normalized spacial score (nSPS) is 10.1. The molecule has 0 aliphatic carbocycles. The van der Waals surface area contributed by atoms with E-state index in [0.29, 0.717) is 16.8 Å². The molecule has 2 aromatic rings. The summed E-state index contributed by atoms with van der Waals surface area (Å²) in [6.45, 7) is 0. The summed E-state index contributed by atoms with van der Waals surface area (Å²) < 4.78 is 18.0. The van der Waals surface area contributed by atoms with E-state index in [2.05, 4.69) is 10.2 Å². The standard InChI is InChI=1S/C11H10FN3O/c1-16-11-10(13)9(6-14-15-11)7-3-2-4-8(12)5-7/h2-6H,1H3,(H2,13,14). The molecule has 1 aromatic carbocycles. The van der Waals surface area contributed by atoms with Gasteiger partial charge in [-0.1, -0.05) is 12.1 Å². The van der Waals surface area contributed by atoms with E-state index >= 15 is 0 Å². The minimum Gasteiger partial charge on any atom is -0.478 e. The van der Waals surface area contributed by atoms with Crippen LogP contribution in [0.2, 0.25) is 0 Å². The van der Waals surface area contributed by atoms with Crippen molar-refractivity contribution in [3.8, 4) is 17.0 Å². The van der Waals surface area contributed by atoms with Crippen molar-refractivity contribution in [3.05, 3.63) is 36.3 Å². The molecule has 0 atom stereocenters. The smallest absolute Gasteiger partial charge is 0.257 e. The molecule has 0 radical (unpaired) electrons. The summed E-state index contributed by atoms with van der Waals surface area (Å²) in [7, 11) is 1.45. The number of rotatable bonds is 2. The fourth-order valence-corrected chi connectivity index (χ4v) is 1.41. The summed E-state index contributed by atoms with van der Waals surface area (Å²) in [6, 6.07) is 6.10. The molecule has 1 heterocycles. The number of methoxy groups -OCH3 is 1. The van der Waals surface area contributed by atoms with Gasteiger partial charge < -0.3 is 10.5 Å². The molecule has 82 valence electrons. The topological polar surface area (TPSA) is 61.0 Å². The van der Waals surface area contributed by atoms with Crippen LogP contribution in [0.3, 0.4) is 0 Å². The Morgan fingerprint density at radius 3 is 2.88 bits per heavy atom. The zero-order chi connectivity index (χ0) is 11.5. The first-order valence-corrected chi connectivity index (χ1v) is 4.63. The van der Waals surface area contributed by atoms with Gasteiger partial charge in [-0.15, -0.1) is 5.10 Å². The van der Waals surface area contributed by atoms with E-state index in [1.54, 1.807) is 12.1 Å². The van der Waals surface area contributed by atoms with E-state index in [0.717, 1.165) is 0 Å². The molecule has 4 nitrogen and oxygen atoms in total. The van der Waals surface area contributed by atoms with Crippen molar-refractivity contribution < 1.29 is 9.13 Å². The number of nitrogens with two attached hydrogens (primary N) is 1. The molecule has 2 N–H and O–H groups in total. The number of ether oxygens (including phenoxy) is 1. The Balaban J connectivity index is 2.56. The monoisotopic (exact) mass is 219 g/mol. The maximum absolute atomic E-state index is 13.1. The molecule has 0 saturated carbocycles. The second kappa shape index (κ2) is 4.14.